The van der Waals surface area contributed by atoms with E-state index >= 15 is 0 Å². The molecule has 2 saturated carbocycles. The Hall–Kier alpha value is -1.44. The van der Waals surface area contributed by atoms with E-state index in [2.05, 4.69) is 35.0 Å². The summed E-state index contributed by atoms with van der Waals surface area (Å²) < 4.78 is 7.74. The van der Waals surface area contributed by atoms with E-state index in [4.69, 9.17) is 4.74 Å². The van der Waals surface area contributed by atoms with Crippen molar-refractivity contribution in [3.8, 4) is 5.75 Å². The zero-order valence-electron chi connectivity index (χ0n) is 11.5. The maximum Gasteiger partial charge on any atom is 0.119 e. The van der Waals surface area contributed by atoms with Crippen LogP contribution in [0, 0.1) is 17.8 Å². The molecule has 3 atom stereocenters. The Labute approximate surface area is 114 Å². The zero-order valence-corrected chi connectivity index (χ0v) is 11.5. The summed E-state index contributed by atoms with van der Waals surface area (Å²) in [7, 11) is 1.73. The second kappa shape index (κ2) is 4.29. The van der Waals surface area contributed by atoms with Gasteiger partial charge in [0.05, 0.1) is 7.11 Å². The zero-order chi connectivity index (χ0) is 12.8. The molecule has 2 bridgehead atoms. The minimum Gasteiger partial charge on any atom is -0.497 e. The van der Waals surface area contributed by atoms with Crippen LogP contribution in [0.4, 0.5) is 0 Å². The highest BCUT2D eigenvalue weighted by Gasteiger charge is 2.39. The van der Waals surface area contributed by atoms with Gasteiger partial charge < -0.3 is 9.30 Å². The maximum atomic E-state index is 5.30. The van der Waals surface area contributed by atoms with Gasteiger partial charge in [-0.3, -0.25) is 0 Å². The van der Waals surface area contributed by atoms with E-state index in [1.807, 2.05) is 0 Å². The summed E-state index contributed by atoms with van der Waals surface area (Å²) >= 11 is 0. The van der Waals surface area contributed by atoms with Crippen molar-refractivity contribution >= 4 is 10.9 Å². The molecular weight excluding hydrogens is 234 g/mol. The minimum absolute atomic E-state index is 0.913. The van der Waals surface area contributed by atoms with Gasteiger partial charge in [0.1, 0.15) is 5.75 Å². The number of hydrogen-bond donors (Lipinski definition) is 0. The van der Waals surface area contributed by atoms with Crippen molar-refractivity contribution in [1.82, 2.24) is 4.57 Å². The summed E-state index contributed by atoms with van der Waals surface area (Å²) in [5.74, 6) is 3.90. The fraction of sp³-hybridized carbons (Fsp3) is 0.529. The van der Waals surface area contributed by atoms with Crippen LogP contribution in [-0.4, -0.2) is 11.7 Å². The van der Waals surface area contributed by atoms with E-state index in [9.17, 15) is 0 Å². The summed E-state index contributed by atoms with van der Waals surface area (Å²) in [6.07, 6.45) is 8.17. The number of methoxy groups -OCH3 is 1. The second-order valence-electron chi connectivity index (χ2n) is 6.33. The van der Waals surface area contributed by atoms with Crippen LogP contribution < -0.4 is 4.74 Å². The van der Waals surface area contributed by atoms with Crippen molar-refractivity contribution in [3.63, 3.8) is 0 Å². The Morgan fingerprint density at radius 3 is 2.89 bits per heavy atom. The van der Waals surface area contributed by atoms with Crippen molar-refractivity contribution in [2.24, 2.45) is 17.8 Å². The molecule has 1 aromatic heterocycles. The molecule has 0 radical (unpaired) electrons. The standard InChI is InChI=1S/C17H21NO/c1-19-16-4-5-17-14(10-16)6-7-18(17)11-15-9-12-2-3-13(15)8-12/h4-7,10,12-13,15H,2-3,8-9,11H2,1H3. The molecule has 0 amide bonds. The van der Waals surface area contributed by atoms with Gasteiger partial charge in [-0.1, -0.05) is 6.42 Å². The van der Waals surface area contributed by atoms with Gasteiger partial charge in [-0.25, -0.2) is 0 Å². The first-order valence-electron chi connectivity index (χ1n) is 7.46. The highest BCUT2D eigenvalue weighted by Crippen LogP contribution is 2.49. The van der Waals surface area contributed by atoms with Crippen molar-refractivity contribution in [3.05, 3.63) is 30.5 Å². The number of aromatic nitrogens is 1. The summed E-state index contributed by atoms with van der Waals surface area (Å²) in [5, 5.41) is 1.29. The first-order valence-corrected chi connectivity index (χ1v) is 7.46. The van der Waals surface area contributed by atoms with Crippen LogP contribution >= 0.6 is 0 Å². The highest BCUT2D eigenvalue weighted by molar-refractivity contribution is 5.81. The van der Waals surface area contributed by atoms with Crippen LogP contribution in [0.3, 0.4) is 0 Å². The molecule has 2 heteroatoms. The lowest BCUT2D eigenvalue weighted by Gasteiger charge is -2.22. The van der Waals surface area contributed by atoms with E-state index in [0.717, 1.165) is 23.5 Å². The molecule has 100 valence electrons. The summed E-state index contributed by atoms with van der Waals surface area (Å²) in [4.78, 5) is 0. The van der Waals surface area contributed by atoms with E-state index in [1.165, 1.54) is 43.1 Å². The lowest BCUT2D eigenvalue weighted by Crippen LogP contribution is -2.16. The third-order valence-electron chi connectivity index (χ3n) is 5.29. The van der Waals surface area contributed by atoms with Crippen LogP contribution in [0.2, 0.25) is 0 Å². The number of fused-ring (bicyclic) bond motifs is 3. The smallest absolute Gasteiger partial charge is 0.119 e. The third-order valence-corrected chi connectivity index (χ3v) is 5.29. The van der Waals surface area contributed by atoms with Gasteiger partial charge in [0.15, 0.2) is 0 Å². The molecule has 1 aromatic carbocycles. The van der Waals surface area contributed by atoms with Gasteiger partial charge in [0.2, 0.25) is 0 Å². The molecular formula is C17H21NO. The molecule has 0 aliphatic heterocycles. The van der Waals surface area contributed by atoms with Gasteiger partial charge in [-0.15, -0.1) is 0 Å². The van der Waals surface area contributed by atoms with E-state index in [0.29, 0.717) is 0 Å². The van der Waals surface area contributed by atoms with Crippen molar-refractivity contribution in [2.45, 2.75) is 32.2 Å². The Bertz CT molecular complexity index is 600. The van der Waals surface area contributed by atoms with E-state index in [-0.39, 0.29) is 0 Å². The molecule has 2 aromatic rings. The molecule has 19 heavy (non-hydrogen) atoms. The van der Waals surface area contributed by atoms with Gasteiger partial charge in [-0.05, 0) is 61.3 Å². The summed E-state index contributed by atoms with van der Waals surface area (Å²) in [5.41, 5.74) is 1.35. The Kier molecular flexibility index (Phi) is 2.57. The lowest BCUT2D eigenvalue weighted by molar-refractivity contribution is 0.299. The SMILES string of the molecule is COc1ccc2c(ccn2CC2CC3CCC2C3)c1. The predicted octanol–water partition coefficient (Wildman–Crippen LogP) is 4.09. The summed E-state index contributed by atoms with van der Waals surface area (Å²) in [6, 6.07) is 8.61. The van der Waals surface area contributed by atoms with Gasteiger partial charge >= 0.3 is 0 Å². The number of benzene rings is 1. The minimum atomic E-state index is 0.913. The Morgan fingerprint density at radius 1 is 1.21 bits per heavy atom. The third kappa shape index (κ3) is 1.85. The lowest BCUT2D eigenvalue weighted by atomic mass is 9.89. The molecule has 0 saturated heterocycles. The summed E-state index contributed by atoms with van der Waals surface area (Å²) in [6.45, 7) is 1.21. The molecule has 3 unspecified atom stereocenters. The number of ether oxygens (including phenoxy) is 1. The molecule has 4 rings (SSSR count). The predicted molar refractivity (Wildman–Crippen MR) is 77.4 cm³/mol. The normalized spacial score (nSPS) is 29.2. The number of hydrogen-bond acceptors (Lipinski definition) is 1. The molecule has 2 aliphatic carbocycles. The van der Waals surface area contributed by atoms with Crippen LogP contribution in [0.25, 0.3) is 10.9 Å². The van der Waals surface area contributed by atoms with Crippen LogP contribution in [0.5, 0.6) is 5.75 Å². The quantitative estimate of drug-likeness (QED) is 0.806. The topological polar surface area (TPSA) is 14.2 Å². The van der Waals surface area contributed by atoms with Crippen LogP contribution in [0.15, 0.2) is 30.5 Å². The molecule has 2 fully saturated rings. The van der Waals surface area contributed by atoms with Crippen molar-refractivity contribution in [1.29, 1.82) is 0 Å². The van der Waals surface area contributed by atoms with E-state index in [1.54, 1.807) is 7.11 Å². The van der Waals surface area contributed by atoms with Gasteiger partial charge in [-0.2, -0.15) is 0 Å². The molecule has 2 aliphatic rings. The number of nitrogens with zero attached hydrogens (tertiary/aromatic N) is 1. The average molecular weight is 255 g/mol. The first-order chi connectivity index (χ1) is 9.33. The van der Waals surface area contributed by atoms with Crippen LogP contribution in [-0.2, 0) is 6.54 Å². The monoisotopic (exact) mass is 255 g/mol. The molecule has 1 heterocycles. The fourth-order valence-electron chi connectivity index (χ4n) is 4.32. The molecule has 2 nitrogen and oxygen atoms in total. The number of rotatable bonds is 3. The molecule has 0 spiro atoms. The average Bonchev–Trinajstić information content (AvgIpc) is 3.14. The Balaban J connectivity index is 1.61. The maximum absolute atomic E-state index is 5.30. The van der Waals surface area contributed by atoms with Gasteiger partial charge in [0.25, 0.3) is 0 Å². The largest absolute Gasteiger partial charge is 0.497 e. The highest BCUT2D eigenvalue weighted by atomic mass is 16.5. The van der Waals surface area contributed by atoms with Crippen LogP contribution in [0.1, 0.15) is 25.7 Å². The van der Waals surface area contributed by atoms with E-state index < -0.39 is 0 Å². The second-order valence-corrected chi connectivity index (χ2v) is 6.33. The Morgan fingerprint density at radius 2 is 2.16 bits per heavy atom. The molecule has 0 N–H and O–H groups in total. The first kappa shape index (κ1) is 11.4. The fourth-order valence-corrected chi connectivity index (χ4v) is 4.32. The van der Waals surface area contributed by atoms with Gasteiger partial charge in [0, 0.05) is 23.6 Å². The van der Waals surface area contributed by atoms with Crippen molar-refractivity contribution < 1.29 is 4.74 Å². The van der Waals surface area contributed by atoms with Crippen molar-refractivity contribution in [2.75, 3.05) is 7.11 Å².